The van der Waals surface area contributed by atoms with E-state index in [2.05, 4.69) is 4.98 Å². The fourth-order valence-electron chi connectivity index (χ4n) is 1.88. The zero-order chi connectivity index (χ0) is 13.9. The third kappa shape index (κ3) is 2.63. The topological polar surface area (TPSA) is 39.2 Å². The molecule has 0 fully saturated rings. The lowest BCUT2D eigenvalue weighted by molar-refractivity contribution is -0.130. The molecular weight excluding hydrogens is 274 g/mol. The summed E-state index contributed by atoms with van der Waals surface area (Å²) in [7, 11) is 0. The van der Waals surface area contributed by atoms with E-state index < -0.39 is 0 Å². The van der Waals surface area contributed by atoms with Gasteiger partial charge in [0, 0.05) is 23.0 Å². The molecule has 0 radical (unpaired) electrons. The van der Waals surface area contributed by atoms with E-state index in [4.69, 9.17) is 16.3 Å². The Morgan fingerprint density at radius 2 is 1.75 bits per heavy atom. The van der Waals surface area contributed by atoms with Crippen LogP contribution in [0.25, 0.3) is 11.8 Å². The molecule has 2 heterocycles. The van der Waals surface area contributed by atoms with Gasteiger partial charge in [0.05, 0.1) is 5.57 Å². The van der Waals surface area contributed by atoms with Crippen LogP contribution in [0.5, 0.6) is 0 Å². The Hall–Kier alpha value is -2.39. The number of benzene rings is 1. The van der Waals surface area contributed by atoms with Gasteiger partial charge in [-0.1, -0.05) is 11.6 Å². The Labute approximate surface area is 121 Å². The Kier molecular flexibility index (Phi) is 3.35. The third-order valence-electron chi connectivity index (χ3n) is 2.88. The minimum Gasteiger partial charge on any atom is -0.422 e. The van der Waals surface area contributed by atoms with Gasteiger partial charge in [-0.2, -0.15) is 0 Å². The molecule has 0 aliphatic carbocycles. The van der Waals surface area contributed by atoms with Crippen molar-refractivity contribution in [1.82, 2.24) is 4.98 Å². The van der Waals surface area contributed by atoms with Gasteiger partial charge in [-0.05, 0) is 54.1 Å². The molecule has 2 aromatic rings. The van der Waals surface area contributed by atoms with E-state index in [1.54, 1.807) is 36.7 Å². The van der Waals surface area contributed by atoms with Crippen LogP contribution in [0, 0.1) is 0 Å². The lowest BCUT2D eigenvalue weighted by Gasteiger charge is -2.01. The average molecular weight is 284 g/mol. The van der Waals surface area contributed by atoms with Crippen molar-refractivity contribution in [3.63, 3.8) is 0 Å². The highest BCUT2D eigenvalue weighted by Gasteiger charge is 2.21. The van der Waals surface area contributed by atoms with E-state index in [9.17, 15) is 4.79 Å². The van der Waals surface area contributed by atoms with Crippen LogP contribution in [0.4, 0.5) is 0 Å². The van der Waals surface area contributed by atoms with Gasteiger partial charge < -0.3 is 4.74 Å². The quantitative estimate of drug-likeness (QED) is 0.623. The van der Waals surface area contributed by atoms with Gasteiger partial charge in [0.15, 0.2) is 0 Å². The fraction of sp³-hybridized carbons (Fsp3) is 0. The van der Waals surface area contributed by atoms with Gasteiger partial charge in [-0.25, -0.2) is 4.79 Å². The van der Waals surface area contributed by atoms with Crippen molar-refractivity contribution in [3.05, 3.63) is 76.6 Å². The Balaban J connectivity index is 1.93. The number of aromatic nitrogens is 1. The molecule has 1 aromatic carbocycles. The van der Waals surface area contributed by atoms with Crippen molar-refractivity contribution in [3.8, 4) is 0 Å². The lowest BCUT2D eigenvalue weighted by atomic mass is 10.1. The molecule has 3 nitrogen and oxygen atoms in total. The van der Waals surface area contributed by atoms with E-state index in [0.717, 1.165) is 11.1 Å². The van der Waals surface area contributed by atoms with E-state index >= 15 is 0 Å². The van der Waals surface area contributed by atoms with Crippen LogP contribution in [0.3, 0.4) is 0 Å². The highest BCUT2D eigenvalue weighted by Crippen LogP contribution is 2.28. The first-order valence-corrected chi connectivity index (χ1v) is 6.42. The maximum Gasteiger partial charge on any atom is 0.343 e. The van der Waals surface area contributed by atoms with Gasteiger partial charge >= 0.3 is 5.97 Å². The normalized spacial score (nSPS) is 16.1. The molecule has 0 N–H and O–H groups in total. The van der Waals surface area contributed by atoms with Gasteiger partial charge in [-0.3, -0.25) is 4.98 Å². The molecule has 0 spiro atoms. The lowest BCUT2D eigenvalue weighted by Crippen LogP contribution is -1.97. The van der Waals surface area contributed by atoms with Crippen molar-refractivity contribution in [2.24, 2.45) is 0 Å². The van der Waals surface area contributed by atoms with Crippen molar-refractivity contribution in [2.45, 2.75) is 0 Å². The molecule has 4 heteroatoms. The van der Waals surface area contributed by atoms with Crippen molar-refractivity contribution in [1.29, 1.82) is 0 Å². The number of nitrogens with zero attached hydrogens (tertiary/aromatic N) is 1. The summed E-state index contributed by atoms with van der Waals surface area (Å²) < 4.78 is 5.27. The molecule has 1 aliphatic heterocycles. The van der Waals surface area contributed by atoms with E-state index in [-0.39, 0.29) is 5.97 Å². The number of halogens is 1. The van der Waals surface area contributed by atoms with E-state index in [1.165, 1.54) is 0 Å². The molecular formula is C16H10ClNO2. The maximum absolute atomic E-state index is 11.8. The highest BCUT2D eigenvalue weighted by atomic mass is 35.5. The summed E-state index contributed by atoms with van der Waals surface area (Å²) in [5.41, 5.74) is 2.24. The molecule has 1 aromatic heterocycles. The van der Waals surface area contributed by atoms with Crippen molar-refractivity contribution in [2.75, 3.05) is 0 Å². The Morgan fingerprint density at radius 3 is 2.45 bits per heavy atom. The zero-order valence-corrected chi connectivity index (χ0v) is 11.2. The maximum atomic E-state index is 11.8. The monoisotopic (exact) mass is 283 g/mol. The number of hydrogen-bond donors (Lipinski definition) is 0. The minimum absolute atomic E-state index is 0.355. The second-order valence-corrected chi connectivity index (χ2v) is 4.72. The molecule has 0 saturated carbocycles. The molecule has 0 amide bonds. The summed E-state index contributed by atoms with van der Waals surface area (Å²) in [6, 6.07) is 10.8. The standard InChI is InChI=1S/C16H10ClNO2/c17-14-3-1-12(2-4-14)15-10-13(16(19)20-15)9-11-5-7-18-8-6-11/h1-10H/b13-9+. The summed E-state index contributed by atoms with van der Waals surface area (Å²) in [6.07, 6.45) is 6.85. The number of cyclic esters (lactones) is 1. The number of carbonyl (C=O) groups excluding carboxylic acids is 1. The highest BCUT2D eigenvalue weighted by molar-refractivity contribution is 6.30. The summed E-state index contributed by atoms with van der Waals surface area (Å²) in [5.74, 6) is 0.179. The van der Waals surface area contributed by atoms with Crippen LogP contribution < -0.4 is 0 Å². The molecule has 0 atom stereocenters. The Bertz CT molecular complexity index is 703. The number of esters is 1. The van der Waals surface area contributed by atoms with Crippen LogP contribution >= 0.6 is 11.6 Å². The Morgan fingerprint density at radius 1 is 1.05 bits per heavy atom. The van der Waals surface area contributed by atoms with Gasteiger partial charge in [0.1, 0.15) is 5.76 Å². The van der Waals surface area contributed by atoms with Crippen LogP contribution in [0.1, 0.15) is 11.1 Å². The summed E-state index contributed by atoms with van der Waals surface area (Å²) >= 11 is 5.84. The minimum atomic E-state index is -0.355. The summed E-state index contributed by atoms with van der Waals surface area (Å²) in [4.78, 5) is 15.8. The summed E-state index contributed by atoms with van der Waals surface area (Å²) in [5, 5.41) is 0.645. The first kappa shape index (κ1) is 12.6. The zero-order valence-electron chi connectivity index (χ0n) is 10.4. The first-order chi connectivity index (χ1) is 9.72. The van der Waals surface area contributed by atoms with E-state index in [1.807, 2.05) is 24.3 Å². The first-order valence-electron chi connectivity index (χ1n) is 6.04. The predicted molar refractivity (Wildman–Crippen MR) is 77.7 cm³/mol. The third-order valence-corrected chi connectivity index (χ3v) is 3.13. The second-order valence-electron chi connectivity index (χ2n) is 4.29. The fourth-order valence-corrected chi connectivity index (χ4v) is 2.01. The SMILES string of the molecule is O=C1OC(c2ccc(Cl)cc2)=C/C1=C\c1ccncc1. The molecule has 3 rings (SSSR count). The van der Waals surface area contributed by atoms with Gasteiger partial charge in [-0.15, -0.1) is 0 Å². The molecule has 0 saturated heterocycles. The van der Waals surface area contributed by atoms with Crippen LogP contribution in [0.2, 0.25) is 5.02 Å². The predicted octanol–water partition coefficient (Wildman–Crippen LogP) is 3.72. The van der Waals surface area contributed by atoms with Crippen LogP contribution in [0.15, 0.2) is 60.4 Å². The van der Waals surface area contributed by atoms with Gasteiger partial charge in [0.2, 0.25) is 0 Å². The van der Waals surface area contributed by atoms with Crippen LogP contribution in [-0.4, -0.2) is 11.0 Å². The number of pyridine rings is 1. The van der Waals surface area contributed by atoms with E-state index in [0.29, 0.717) is 16.4 Å². The number of rotatable bonds is 2. The number of ether oxygens (including phenoxy) is 1. The molecule has 0 unspecified atom stereocenters. The number of hydrogen-bond acceptors (Lipinski definition) is 3. The second kappa shape index (κ2) is 5.31. The van der Waals surface area contributed by atoms with Gasteiger partial charge in [0.25, 0.3) is 0 Å². The molecule has 20 heavy (non-hydrogen) atoms. The van der Waals surface area contributed by atoms with Crippen molar-refractivity contribution < 1.29 is 9.53 Å². The molecule has 1 aliphatic rings. The van der Waals surface area contributed by atoms with Crippen molar-refractivity contribution >= 4 is 29.4 Å². The average Bonchev–Trinajstić information content (AvgIpc) is 2.82. The molecule has 98 valence electrons. The molecule has 0 bridgehead atoms. The largest absolute Gasteiger partial charge is 0.422 e. The number of carbonyl (C=O) groups is 1. The smallest absolute Gasteiger partial charge is 0.343 e. The van der Waals surface area contributed by atoms with Crippen LogP contribution in [-0.2, 0) is 9.53 Å². The summed E-state index contributed by atoms with van der Waals surface area (Å²) in [6.45, 7) is 0.